The normalized spacial score (nSPS) is 24.2. The highest BCUT2D eigenvalue weighted by Gasteiger charge is 2.45. The van der Waals surface area contributed by atoms with Gasteiger partial charge >= 0.3 is 0 Å². The second-order valence-corrected chi connectivity index (χ2v) is 7.10. The van der Waals surface area contributed by atoms with Gasteiger partial charge in [0.2, 0.25) is 5.95 Å². The average Bonchev–Trinajstić information content (AvgIpc) is 3.42. The number of carbonyl (C=O) groups excluding carboxylic acids is 1. The first-order chi connectivity index (χ1) is 12.6. The molecule has 2 aromatic rings. The molecule has 0 spiro atoms. The third-order valence-corrected chi connectivity index (χ3v) is 4.82. The highest BCUT2D eigenvalue weighted by atomic mass is 16.5. The van der Waals surface area contributed by atoms with Crippen LogP contribution in [0.25, 0.3) is 0 Å². The van der Waals surface area contributed by atoms with Crippen molar-refractivity contribution in [3.8, 4) is 0 Å². The summed E-state index contributed by atoms with van der Waals surface area (Å²) in [5.74, 6) is 0.447. The van der Waals surface area contributed by atoms with Crippen molar-refractivity contribution in [2.24, 2.45) is 0 Å². The van der Waals surface area contributed by atoms with Crippen molar-refractivity contribution in [3.63, 3.8) is 0 Å². The molecule has 2 fully saturated rings. The van der Waals surface area contributed by atoms with Crippen LogP contribution in [0.15, 0.2) is 31.1 Å². The lowest BCUT2D eigenvalue weighted by Crippen LogP contribution is -2.48. The van der Waals surface area contributed by atoms with Crippen LogP contribution in [0.4, 0.5) is 5.95 Å². The number of ether oxygens (including phenoxy) is 1. The molecule has 2 aromatic heterocycles. The molecule has 26 heavy (non-hydrogen) atoms. The molecule has 1 saturated heterocycles. The number of hydrogen-bond acceptors (Lipinski definition) is 7. The van der Waals surface area contributed by atoms with Crippen LogP contribution in [-0.2, 0) is 10.3 Å². The summed E-state index contributed by atoms with van der Waals surface area (Å²) >= 11 is 0. The SMILES string of the molecule is C[C@@H]1CN(C(=O)c2cnc(NC3(c4cncnc4)CC3)nc2)C[C@H](C)O1. The van der Waals surface area contributed by atoms with Gasteiger partial charge in [0.05, 0.1) is 23.3 Å². The van der Waals surface area contributed by atoms with E-state index in [4.69, 9.17) is 4.74 Å². The molecule has 8 heteroatoms. The summed E-state index contributed by atoms with van der Waals surface area (Å²) < 4.78 is 5.68. The van der Waals surface area contributed by atoms with Gasteiger partial charge in [0.15, 0.2) is 0 Å². The number of amides is 1. The lowest BCUT2D eigenvalue weighted by molar-refractivity contribution is -0.0586. The van der Waals surface area contributed by atoms with Gasteiger partial charge in [0, 0.05) is 43.4 Å². The monoisotopic (exact) mass is 354 g/mol. The molecular weight excluding hydrogens is 332 g/mol. The van der Waals surface area contributed by atoms with Crippen molar-refractivity contribution in [1.82, 2.24) is 24.8 Å². The maximum atomic E-state index is 12.7. The van der Waals surface area contributed by atoms with Gasteiger partial charge in [-0.05, 0) is 26.7 Å². The van der Waals surface area contributed by atoms with Crippen molar-refractivity contribution < 1.29 is 9.53 Å². The third kappa shape index (κ3) is 3.37. The number of aromatic nitrogens is 4. The van der Waals surface area contributed by atoms with Crippen LogP contribution in [-0.4, -0.2) is 56.0 Å². The summed E-state index contributed by atoms with van der Waals surface area (Å²) in [6.45, 7) is 5.12. The molecule has 0 aromatic carbocycles. The van der Waals surface area contributed by atoms with Crippen molar-refractivity contribution in [1.29, 1.82) is 0 Å². The van der Waals surface area contributed by atoms with Crippen LogP contribution >= 0.6 is 0 Å². The molecule has 4 rings (SSSR count). The Morgan fingerprint density at radius 1 is 1.12 bits per heavy atom. The third-order valence-electron chi connectivity index (χ3n) is 4.82. The van der Waals surface area contributed by atoms with E-state index in [2.05, 4.69) is 25.3 Å². The van der Waals surface area contributed by atoms with E-state index < -0.39 is 0 Å². The van der Waals surface area contributed by atoms with E-state index >= 15 is 0 Å². The molecule has 136 valence electrons. The lowest BCUT2D eigenvalue weighted by Gasteiger charge is -2.35. The molecule has 1 N–H and O–H groups in total. The van der Waals surface area contributed by atoms with Gasteiger partial charge in [-0.1, -0.05) is 0 Å². The fourth-order valence-electron chi connectivity index (χ4n) is 3.40. The van der Waals surface area contributed by atoms with Gasteiger partial charge in [-0.15, -0.1) is 0 Å². The molecule has 0 bridgehead atoms. The van der Waals surface area contributed by atoms with Crippen LogP contribution < -0.4 is 5.32 Å². The number of hydrogen-bond donors (Lipinski definition) is 1. The smallest absolute Gasteiger partial charge is 0.257 e. The minimum Gasteiger partial charge on any atom is -0.372 e. The molecule has 2 aliphatic rings. The second kappa shape index (κ2) is 6.60. The lowest BCUT2D eigenvalue weighted by atomic mass is 10.1. The van der Waals surface area contributed by atoms with E-state index in [9.17, 15) is 4.79 Å². The van der Waals surface area contributed by atoms with Gasteiger partial charge in [0.1, 0.15) is 6.33 Å². The zero-order valence-electron chi connectivity index (χ0n) is 14.9. The maximum Gasteiger partial charge on any atom is 0.257 e. The van der Waals surface area contributed by atoms with E-state index in [1.807, 2.05) is 26.2 Å². The molecule has 1 aliphatic heterocycles. The van der Waals surface area contributed by atoms with Crippen LogP contribution in [0.5, 0.6) is 0 Å². The molecule has 2 atom stereocenters. The highest BCUT2D eigenvalue weighted by molar-refractivity contribution is 5.93. The van der Waals surface area contributed by atoms with Crippen LogP contribution in [0.3, 0.4) is 0 Å². The highest BCUT2D eigenvalue weighted by Crippen LogP contribution is 2.47. The number of anilines is 1. The molecule has 3 heterocycles. The minimum absolute atomic E-state index is 0.0346. The average molecular weight is 354 g/mol. The number of nitrogens with zero attached hydrogens (tertiary/aromatic N) is 5. The fraction of sp³-hybridized carbons (Fsp3) is 0.500. The number of morpholine rings is 1. The Kier molecular flexibility index (Phi) is 4.28. The Morgan fingerprint density at radius 2 is 1.73 bits per heavy atom. The first kappa shape index (κ1) is 16.8. The van der Waals surface area contributed by atoms with Gasteiger partial charge < -0.3 is 15.0 Å². The number of nitrogens with one attached hydrogen (secondary N) is 1. The fourth-order valence-corrected chi connectivity index (χ4v) is 3.40. The zero-order valence-corrected chi connectivity index (χ0v) is 14.9. The van der Waals surface area contributed by atoms with E-state index in [0.29, 0.717) is 24.6 Å². The van der Waals surface area contributed by atoms with E-state index in [1.54, 1.807) is 17.3 Å². The molecular formula is C18H22N6O2. The predicted molar refractivity (Wildman–Crippen MR) is 94.5 cm³/mol. The number of rotatable bonds is 4. The Hall–Kier alpha value is -2.61. The quantitative estimate of drug-likeness (QED) is 0.891. The van der Waals surface area contributed by atoms with Crippen molar-refractivity contribution >= 4 is 11.9 Å². The molecule has 0 radical (unpaired) electrons. The predicted octanol–water partition coefficient (Wildman–Crippen LogP) is 1.62. The van der Waals surface area contributed by atoms with Gasteiger partial charge in [0.25, 0.3) is 5.91 Å². The summed E-state index contributed by atoms with van der Waals surface area (Å²) in [5.41, 5.74) is 1.33. The minimum atomic E-state index is -0.193. The van der Waals surface area contributed by atoms with Gasteiger partial charge in [-0.3, -0.25) is 4.79 Å². The van der Waals surface area contributed by atoms with Crippen molar-refractivity contribution in [3.05, 3.63) is 42.2 Å². The largest absolute Gasteiger partial charge is 0.372 e. The maximum absolute atomic E-state index is 12.7. The van der Waals surface area contributed by atoms with E-state index in [1.165, 1.54) is 6.33 Å². The Bertz CT molecular complexity index is 768. The molecule has 1 amide bonds. The first-order valence-corrected chi connectivity index (χ1v) is 8.86. The molecule has 8 nitrogen and oxygen atoms in total. The summed E-state index contributed by atoms with van der Waals surface area (Å²) in [5, 5.41) is 3.36. The van der Waals surface area contributed by atoms with E-state index in [-0.39, 0.29) is 23.7 Å². The van der Waals surface area contributed by atoms with Crippen molar-refractivity contribution in [2.45, 2.75) is 44.4 Å². The topological polar surface area (TPSA) is 93.1 Å². The summed E-state index contributed by atoms with van der Waals surface area (Å²) in [4.78, 5) is 31.3. The van der Waals surface area contributed by atoms with Crippen LogP contribution in [0.1, 0.15) is 42.6 Å². The van der Waals surface area contributed by atoms with Crippen LogP contribution in [0, 0.1) is 0 Å². The van der Waals surface area contributed by atoms with E-state index in [0.717, 1.165) is 18.4 Å². The van der Waals surface area contributed by atoms with Gasteiger partial charge in [-0.2, -0.15) is 0 Å². The molecule has 1 aliphatic carbocycles. The van der Waals surface area contributed by atoms with Crippen molar-refractivity contribution in [2.75, 3.05) is 18.4 Å². The number of carbonyl (C=O) groups is 1. The molecule has 1 saturated carbocycles. The summed E-state index contributed by atoms with van der Waals surface area (Å²) in [6, 6.07) is 0. The first-order valence-electron chi connectivity index (χ1n) is 8.86. The Balaban J connectivity index is 1.45. The van der Waals surface area contributed by atoms with Gasteiger partial charge in [-0.25, -0.2) is 19.9 Å². The molecule has 0 unspecified atom stereocenters. The standard InChI is InChI=1S/C18H22N6O2/c1-12-9-24(10-13(2)26-12)16(25)14-5-21-17(22-6-14)23-18(3-4-18)15-7-19-11-20-8-15/h5-8,11-13H,3-4,9-10H2,1-2H3,(H,21,22,23)/t12-,13+. The summed E-state index contributed by atoms with van der Waals surface area (Å²) in [7, 11) is 0. The summed E-state index contributed by atoms with van der Waals surface area (Å²) in [6.07, 6.45) is 10.3. The zero-order chi connectivity index (χ0) is 18.1. The second-order valence-electron chi connectivity index (χ2n) is 7.10. The Morgan fingerprint density at radius 3 is 2.31 bits per heavy atom. The Labute approximate surface area is 152 Å². The van der Waals surface area contributed by atoms with Crippen LogP contribution in [0.2, 0.25) is 0 Å².